The Kier molecular flexibility index (Phi) is 2.76. The highest BCUT2D eigenvalue weighted by Crippen LogP contribution is 1.98. The van der Waals surface area contributed by atoms with Crippen molar-refractivity contribution in [3.05, 3.63) is 22.4 Å². The molecule has 0 aliphatic carbocycles. The Morgan fingerprint density at radius 1 is 1.64 bits per heavy atom. The van der Waals surface area contributed by atoms with Crippen LogP contribution in [-0.2, 0) is 25.3 Å². The summed E-state index contributed by atoms with van der Waals surface area (Å²) in [4.78, 5) is 21.8. The predicted octanol–water partition coefficient (Wildman–Crippen LogP) is -1.32. The predicted molar refractivity (Wildman–Crippen MR) is 50.0 cm³/mol. The molecule has 1 unspecified atom stereocenters. The first-order chi connectivity index (χ1) is 6.43. The molecule has 1 aromatic rings. The number of hydrogen-bond acceptors (Lipinski definition) is 3. The molecule has 0 saturated heterocycles. The maximum absolute atomic E-state index is 11.3. The van der Waals surface area contributed by atoms with Gasteiger partial charge in [0.15, 0.2) is 0 Å². The van der Waals surface area contributed by atoms with Gasteiger partial charge < -0.3 is 15.4 Å². The summed E-state index contributed by atoms with van der Waals surface area (Å²) in [6, 6.07) is -0.969. The number of nitrogens with two attached hydrogens (primary N) is 1. The normalized spacial score (nSPS) is 12.8. The van der Waals surface area contributed by atoms with Crippen molar-refractivity contribution in [1.82, 2.24) is 9.13 Å². The van der Waals surface area contributed by atoms with Crippen molar-refractivity contribution >= 4 is 5.97 Å². The molecule has 0 aliphatic heterocycles. The van der Waals surface area contributed by atoms with Gasteiger partial charge in [0.2, 0.25) is 0 Å². The van der Waals surface area contributed by atoms with Gasteiger partial charge in [0.1, 0.15) is 6.04 Å². The summed E-state index contributed by atoms with van der Waals surface area (Å²) in [5, 5.41) is 8.59. The van der Waals surface area contributed by atoms with Crippen LogP contribution in [0.5, 0.6) is 0 Å². The van der Waals surface area contributed by atoms with E-state index in [1.807, 2.05) is 0 Å². The molecule has 0 amide bonds. The third kappa shape index (κ3) is 1.85. The van der Waals surface area contributed by atoms with E-state index in [1.165, 1.54) is 9.13 Å². The molecular formula is C8H13N3O3. The van der Waals surface area contributed by atoms with Crippen LogP contribution in [0.15, 0.2) is 11.0 Å². The molecule has 0 saturated carbocycles. The van der Waals surface area contributed by atoms with Crippen LogP contribution in [-0.4, -0.2) is 26.3 Å². The van der Waals surface area contributed by atoms with Crippen LogP contribution in [0.3, 0.4) is 0 Å². The van der Waals surface area contributed by atoms with Gasteiger partial charge in [-0.2, -0.15) is 0 Å². The van der Waals surface area contributed by atoms with Crippen LogP contribution in [0.4, 0.5) is 0 Å². The molecular weight excluding hydrogens is 186 g/mol. The Balaban J connectivity index is 2.93. The highest BCUT2D eigenvalue weighted by Gasteiger charge is 2.15. The Hall–Kier alpha value is -1.56. The number of hydrogen-bond donors (Lipinski definition) is 2. The van der Waals surface area contributed by atoms with Crippen molar-refractivity contribution in [3.63, 3.8) is 0 Å². The van der Waals surface area contributed by atoms with Gasteiger partial charge in [-0.05, 0) is 0 Å². The minimum Gasteiger partial charge on any atom is -0.480 e. The van der Waals surface area contributed by atoms with Crippen molar-refractivity contribution in [3.8, 4) is 0 Å². The van der Waals surface area contributed by atoms with E-state index >= 15 is 0 Å². The van der Waals surface area contributed by atoms with Crippen LogP contribution in [0.25, 0.3) is 0 Å². The van der Waals surface area contributed by atoms with Crippen molar-refractivity contribution in [2.75, 3.05) is 0 Å². The summed E-state index contributed by atoms with van der Waals surface area (Å²) in [5.74, 6) is -1.07. The van der Waals surface area contributed by atoms with Gasteiger partial charge in [-0.3, -0.25) is 9.36 Å². The van der Waals surface area contributed by atoms with E-state index in [0.717, 1.165) is 0 Å². The first kappa shape index (κ1) is 10.5. The second-order valence-corrected chi connectivity index (χ2v) is 3.22. The number of aliphatic carboxylic acids is 1. The average molecular weight is 199 g/mol. The van der Waals surface area contributed by atoms with E-state index < -0.39 is 12.0 Å². The molecule has 1 rings (SSSR count). The summed E-state index contributed by atoms with van der Waals surface area (Å²) < 4.78 is 2.78. The van der Waals surface area contributed by atoms with E-state index in [2.05, 4.69) is 0 Å². The number of carboxylic acid groups (broad SMARTS) is 1. The fraction of sp³-hybridized carbons (Fsp3) is 0.500. The molecule has 6 heteroatoms. The zero-order valence-electron chi connectivity index (χ0n) is 8.10. The van der Waals surface area contributed by atoms with Gasteiger partial charge in [0.05, 0.1) is 0 Å². The molecule has 1 atom stereocenters. The summed E-state index contributed by atoms with van der Waals surface area (Å²) in [6.45, 7) is 0. The first-order valence-electron chi connectivity index (χ1n) is 4.13. The van der Waals surface area contributed by atoms with Crippen molar-refractivity contribution < 1.29 is 9.90 Å². The van der Waals surface area contributed by atoms with Crippen LogP contribution < -0.4 is 11.4 Å². The zero-order chi connectivity index (χ0) is 10.9. The molecule has 1 heterocycles. The molecule has 0 radical (unpaired) electrons. The lowest BCUT2D eigenvalue weighted by molar-refractivity contribution is -0.138. The van der Waals surface area contributed by atoms with Gasteiger partial charge in [0, 0.05) is 32.4 Å². The first-order valence-corrected chi connectivity index (χ1v) is 4.13. The molecule has 0 aliphatic rings. The van der Waals surface area contributed by atoms with Gasteiger partial charge in [-0.25, -0.2) is 4.79 Å². The average Bonchev–Trinajstić information content (AvgIpc) is 2.33. The number of nitrogens with zero attached hydrogens (tertiary/aromatic N) is 2. The topological polar surface area (TPSA) is 90.2 Å². The largest absolute Gasteiger partial charge is 0.480 e. The fourth-order valence-electron chi connectivity index (χ4n) is 1.23. The maximum Gasteiger partial charge on any atom is 0.327 e. The lowest BCUT2D eigenvalue weighted by atomic mass is 10.2. The fourth-order valence-corrected chi connectivity index (χ4v) is 1.23. The van der Waals surface area contributed by atoms with E-state index in [4.69, 9.17) is 10.8 Å². The number of carboxylic acids is 1. The van der Waals surface area contributed by atoms with Crippen LogP contribution >= 0.6 is 0 Å². The molecule has 78 valence electrons. The van der Waals surface area contributed by atoms with Gasteiger partial charge in [-0.15, -0.1) is 0 Å². The monoisotopic (exact) mass is 199 g/mol. The lowest BCUT2D eigenvalue weighted by Crippen LogP contribution is -2.33. The quantitative estimate of drug-likeness (QED) is 0.631. The number of aromatic nitrogens is 2. The van der Waals surface area contributed by atoms with Crippen molar-refractivity contribution in [1.29, 1.82) is 0 Å². The van der Waals surface area contributed by atoms with Gasteiger partial charge >= 0.3 is 11.7 Å². The van der Waals surface area contributed by atoms with Crippen LogP contribution in [0.2, 0.25) is 0 Å². The van der Waals surface area contributed by atoms with Crippen molar-refractivity contribution in [2.45, 2.75) is 12.5 Å². The van der Waals surface area contributed by atoms with Gasteiger partial charge in [-0.1, -0.05) is 0 Å². The molecule has 14 heavy (non-hydrogen) atoms. The van der Waals surface area contributed by atoms with Crippen LogP contribution in [0, 0.1) is 0 Å². The van der Waals surface area contributed by atoms with E-state index in [-0.39, 0.29) is 12.1 Å². The smallest absolute Gasteiger partial charge is 0.327 e. The number of rotatable bonds is 3. The number of aryl methyl sites for hydroxylation is 1. The maximum atomic E-state index is 11.3. The molecule has 0 bridgehead atoms. The minimum absolute atomic E-state index is 0.155. The molecule has 0 fully saturated rings. The Labute approximate surface area is 80.6 Å². The summed E-state index contributed by atoms with van der Waals surface area (Å²) in [5.41, 5.74) is 5.79. The summed E-state index contributed by atoms with van der Waals surface area (Å²) >= 11 is 0. The highest BCUT2D eigenvalue weighted by molar-refractivity contribution is 5.73. The van der Waals surface area contributed by atoms with E-state index in [9.17, 15) is 9.59 Å². The molecule has 0 spiro atoms. The molecule has 0 aromatic carbocycles. The Morgan fingerprint density at radius 2 is 2.21 bits per heavy atom. The van der Waals surface area contributed by atoms with E-state index in [0.29, 0.717) is 5.69 Å². The summed E-state index contributed by atoms with van der Waals surface area (Å²) in [6.07, 6.45) is 1.74. The molecule has 3 N–H and O–H groups in total. The number of imidazole rings is 1. The third-order valence-electron chi connectivity index (χ3n) is 2.11. The summed E-state index contributed by atoms with van der Waals surface area (Å²) in [7, 11) is 3.20. The van der Waals surface area contributed by atoms with Gasteiger partial charge in [0.25, 0.3) is 0 Å². The lowest BCUT2D eigenvalue weighted by Gasteiger charge is -2.05. The third-order valence-corrected chi connectivity index (χ3v) is 2.11. The standard InChI is InChI=1S/C8H13N3O3/c1-10-4-5(11(2)8(10)14)3-6(9)7(12)13/h4,6H,3,9H2,1-2H3,(H,12,13). The number of carbonyl (C=O) groups is 1. The van der Waals surface area contributed by atoms with E-state index in [1.54, 1.807) is 20.3 Å². The Bertz CT molecular complexity index is 404. The molecule has 1 aromatic heterocycles. The second kappa shape index (κ2) is 3.67. The van der Waals surface area contributed by atoms with Crippen molar-refractivity contribution in [2.24, 2.45) is 19.8 Å². The Morgan fingerprint density at radius 3 is 2.57 bits per heavy atom. The molecule has 6 nitrogen and oxygen atoms in total. The second-order valence-electron chi connectivity index (χ2n) is 3.22. The highest BCUT2D eigenvalue weighted by atomic mass is 16.4. The van der Waals surface area contributed by atoms with Crippen LogP contribution in [0.1, 0.15) is 5.69 Å². The SMILES string of the molecule is Cn1cc(CC(N)C(=O)O)n(C)c1=O. The zero-order valence-corrected chi connectivity index (χ0v) is 8.10. The minimum atomic E-state index is -1.07.